The largest absolute Gasteiger partial charge is 0.357 e. The highest BCUT2D eigenvalue weighted by Crippen LogP contribution is 2.16. The third kappa shape index (κ3) is 5.86. The number of hydrogen-bond acceptors (Lipinski definition) is 5. The summed E-state index contributed by atoms with van der Waals surface area (Å²) in [6.07, 6.45) is 3.63. The molecule has 0 unspecified atom stereocenters. The van der Waals surface area contributed by atoms with Gasteiger partial charge in [-0.1, -0.05) is 6.07 Å². The zero-order valence-corrected chi connectivity index (χ0v) is 19.0. The minimum absolute atomic E-state index is 0. The third-order valence-electron chi connectivity index (χ3n) is 4.04. The molecule has 3 aromatic heterocycles. The molecule has 0 saturated carbocycles. The summed E-state index contributed by atoms with van der Waals surface area (Å²) < 4.78 is 2.01. The number of nitrogens with one attached hydrogen (secondary N) is 2. The van der Waals surface area contributed by atoms with E-state index in [-0.39, 0.29) is 24.0 Å². The minimum Gasteiger partial charge on any atom is -0.357 e. The van der Waals surface area contributed by atoms with Crippen molar-refractivity contribution in [1.29, 1.82) is 0 Å². The Labute approximate surface area is 180 Å². The van der Waals surface area contributed by atoms with Crippen LogP contribution in [0.3, 0.4) is 0 Å². The van der Waals surface area contributed by atoms with E-state index in [2.05, 4.69) is 51.6 Å². The summed E-state index contributed by atoms with van der Waals surface area (Å²) in [6, 6.07) is 5.91. The Hall–Kier alpha value is -1.75. The number of hydrogen-bond donors (Lipinski definition) is 2. The molecule has 0 atom stereocenters. The number of halogens is 1. The second kappa shape index (κ2) is 10.5. The van der Waals surface area contributed by atoms with Crippen LogP contribution in [0.5, 0.6) is 0 Å². The third-order valence-corrected chi connectivity index (χ3v) is 5.17. The van der Waals surface area contributed by atoms with E-state index >= 15 is 0 Å². The van der Waals surface area contributed by atoms with Crippen LogP contribution < -0.4 is 10.6 Å². The maximum Gasteiger partial charge on any atom is 0.191 e. The molecule has 9 heteroatoms. The van der Waals surface area contributed by atoms with Gasteiger partial charge in [0.15, 0.2) is 11.6 Å². The first-order valence-corrected chi connectivity index (χ1v) is 9.72. The predicted molar refractivity (Wildman–Crippen MR) is 121 cm³/mol. The molecule has 3 aromatic rings. The van der Waals surface area contributed by atoms with Gasteiger partial charge in [-0.25, -0.2) is 4.98 Å². The zero-order valence-electron chi connectivity index (χ0n) is 15.9. The van der Waals surface area contributed by atoms with Crippen LogP contribution in [0.4, 0.5) is 0 Å². The number of guanidine groups is 1. The lowest BCUT2D eigenvalue weighted by Crippen LogP contribution is -2.38. The molecule has 0 saturated heterocycles. The Kier molecular flexibility index (Phi) is 8.42. The number of fused-ring (bicyclic) bond motifs is 1. The molecule has 0 spiro atoms. The SMILES string of the molecule is CCNC(=NCCc1nc(C)c(C)s1)NCCc1nnc2ccccn12.I. The fraction of sp³-hybridized carbons (Fsp3) is 0.444. The molecule has 7 nitrogen and oxygen atoms in total. The Morgan fingerprint density at radius 3 is 2.78 bits per heavy atom. The molecule has 3 heterocycles. The average Bonchev–Trinajstić information content (AvgIpc) is 3.18. The number of aryl methyl sites for hydroxylation is 2. The molecule has 0 aliphatic carbocycles. The van der Waals surface area contributed by atoms with Gasteiger partial charge in [-0.15, -0.1) is 45.5 Å². The Bertz CT molecular complexity index is 867. The van der Waals surface area contributed by atoms with Crippen LogP contribution >= 0.6 is 35.3 Å². The number of nitrogens with zero attached hydrogens (tertiary/aromatic N) is 5. The summed E-state index contributed by atoms with van der Waals surface area (Å²) in [4.78, 5) is 10.5. The number of pyridine rings is 1. The lowest BCUT2D eigenvalue weighted by atomic mass is 10.4. The normalized spacial score (nSPS) is 11.4. The fourth-order valence-electron chi connectivity index (χ4n) is 2.61. The van der Waals surface area contributed by atoms with Crippen molar-refractivity contribution >= 4 is 46.9 Å². The predicted octanol–water partition coefficient (Wildman–Crippen LogP) is 2.76. The van der Waals surface area contributed by atoms with E-state index in [1.807, 2.05) is 28.8 Å². The molecule has 0 aliphatic rings. The molecule has 146 valence electrons. The smallest absolute Gasteiger partial charge is 0.191 e. The van der Waals surface area contributed by atoms with Crippen molar-refractivity contribution in [3.63, 3.8) is 0 Å². The Morgan fingerprint density at radius 1 is 1.19 bits per heavy atom. The van der Waals surface area contributed by atoms with Gasteiger partial charge in [0.1, 0.15) is 5.82 Å². The lowest BCUT2D eigenvalue weighted by molar-refractivity contribution is 0.762. The van der Waals surface area contributed by atoms with Crippen molar-refractivity contribution in [3.8, 4) is 0 Å². The average molecular weight is 499 g/mol. The molecule has 2 N–H and O–H groups in total. The monoisotopic (exact) mass is 499 g/mol. The summed E-state index contributed by atoms with van der Waals surface area (Å²) in [6.45, 7) is 8.52. The van der Waals surface area contributed by atoms with Gasteiger partial charge < -0.3 is 10.6 Å². The van der Waals surface area contributed by atoms with Gasteiger partial charge >= 0.3 is 0 Å². The van der Waals surface area contributed by atoms with Gasteiger partial charge in [0.25, 0.3) is 0 Å². The summed E-state index contributed by atoms with van der Waals surface area (Å²) in [7, 11) is 0. The van der Waals surface area contributed by atoms with E-state index in [0.29, 0.717) is 0 Å². The van der Waals surface area contributed by atoms with E-state index in [1.54, 1.807) is 11.3 Å². The zero-order chi connectivity index (χ0) is 18.4. The molecule has 0 amide bonds. The van der Waals surface area contributed by atoms with Crippen molar-refractivity contribution in [3.05, 3.63) is 45.8 Å². The first-order chi connectivity index (χ1) is 12.7. The van der Waals surface area contributed by atoms with Crippen LogP contribution in [0.1, 0.15) is 28.3 Å². The molecule has 0 aromatic carbocycles. The van der Waals surface area contributed by atoms with Gasteiger partial charge in [0.05, 0.1) is 10.7 Å². The maximum absolute atomic E-state index is 4.65. The quantitative estimate of drug-likeness (QED) is 0.297. The van der Waals surface area contributed by atoms with Gasteiger partial charge in [-0.2, -0.15) is 0 Å². The number of aromatic nitrogens is 4. The van der Waals surface area contributed by atoms with Crippen molar-refractivity contribution in [2.75, 3.05) is 19.6 Å². The van der Waals surface area contributed by atoms with Gasteiger partial charge in [0, 0.05) is 43.5 Å². The Morgan fingerprint density at radius 2 is 2.04 bits per heavy atom. The van der Waals surface area contributed by atoms with Crippen molar-refractivity contribution in [2.45, 2.75) is 33.6 Å². The topological polar surface area (TPSA) is 79.5 Å². The molecule has 0 radical (unpaired) electrons. The van der Waals surface area contributed by atoms with Gasteiger partial charge in [0.2, 0.25) is 0 Å². The van der Waals surface area contributed by atoms with E-state index in [9.17, 15) is 0 Å². The van der Waals surface area contributed by atoms with Gasteiger partial charge in [-0.05, 0) is 32.9 Å². The molecule has 0 aliphatic heterocycles. The molecular weight excluding hydrogens is 473 g/mol. The van der Waals surface area contributed by atoms with Crippen LogP contribution in [0.15, 0.2) is 29.4 Å². The van der Waals surface area contributed by atoms with Crippen molar-refractivity contribution in [1.82, 2.24) is 30.2 Å². The van der Waals surface area contributed by atoms with Crippen LogP contribution in [0.25, 0.3) is 5.65 Å². The van der Waals surface area contributed by atoms with Crippen molar-refractivity contribution in [2.24, 2.45) is 4.99 Å². The van der Waals surface area contributed by atoms with Crippen molar-refractivity contribution < 1.29 is 0 Å². The van der Waals surface area contributed by atoms with E-state index < -0.39 is 0 Å². The van der Waals surface area contributed by atoms with Crippen LogP contribution in [-0.4, -0.2) is 45.2 Å². The van der Waals surface area contributed by atoms with Crippen LogP contribution in [0.2, 0.25) is 0 Å². The number of thiazole rings is 1. The van der Waals surface area contributed by atoms with Crippen LogP contribution in [-0.2, 0) is 12.8 Å². The van der Waals surface area contributed by atoms with E-state index in [0.717, 1.165) is 60.6 Å². The number of rotatable bonds is 7. The number of aliphatic imine (C=N–C) groups is 1. The van der Waals surface area contributed by atoms with E-state index in [1.165, 1.54) is 4.88 Å². The highest BCUT2D eigenvalue weighted by molar-refractivity contribution is 14.0. The first-order valence-electron chi connectivity index (χ1n) is 8.91. The molecule has 0 bridgehead atoms. The second-order valence-electron chi connectivity index (χ2n) is 5.98. The summed E-state index contributed by atoms with van der Waals surface area (Å²) in [5.41, 5.74) is 2.00. The van der Waals surface area contributed by atoms with Gasteiger partial charge in [-0.3, -0.25) is 9.39 Å². The molecule has 27 heavy (non-hydrogen) atoms. The highest BCUT2D eigenvalue weighted by Gasteiger charge is 2.06. The first kappa shape index (κ1) is 21.5. The minimum atomic E-state index is 0. The fourth-order valence-corrected chi connectivity index (χ4v) is 3.53. The maximum atomic E-state index is 4.65. The van der Waals surface area contributed by atoms with E-state index in [4.69, 9.17) is 0 Å². The lowest BCUT2D eigenvalue weighted by Gasteiger charge is -2.10. The highest BCUT2D eigenvalue weighted by atomic mass is 127. The Balaban J connectivity index is 0.00000261. The molecular formula is C18H26IN7S. The summed E-state index contributed by atoms with van der Waals surface area (Å²) >= 11 is 1.76. The summed E-state index contributed by atoms with van der Waals surface area (Å²) in [5, 5.41) is 16.2. The standard InChI is InChI=1S/C18H25N7S.HI/c1-4-19-18(21-11-9-17-22-13(2)14(3)26-17)20-10-8-16-24-23-15-7-5-6-12-25(15)16;/h5-7,12H,4,8-11H2,1-3H3,(H2,19,20,21);1H. The van der Waals surface area contributed by atoms with Crippen LogP contribution in [0, 0.1) is 13.8 Å². The molecule has 3 rings (SSSR count). The summed E-state index contributed by atoms with van der Waals surface area (Å²) in [5.74, 6) is 1.77. The molecule has 0 fully saturated rings. The second-order valence-corrected chi connectivity index (χ2v) is 7.27.